The zero-order valence-corrected chi connectivity index (χ0v) is 13.9. The van der Waals surface area contributed by atoms with Crippen LogP contribution >= 0.6 is 11.6 Å². The molecular weight excluding hydrogens is 316 g/mol. The van der Waals surface area contributed by atoms with E-state index < -0.39 is 21.5 Å². The van der Waals surface area contributed by atoms with Crippen molar-refractivity contribution >= 4 is 27.5 Å². The molecule has 8 heteroatoms. The third kappa shape index (κ3) is 4.67. The van der Waals surface area contributed by atoms with Gasteiger partial charge in [-0.2, -0.15) is 0 Å². The molecule has 1 rings (SSSR count). The second-order valence-electron chi connectivity index (χ2n) is 5.42. The van der Waals surface area contributed by atoms with Gasteiger partial charge in [0.2, 0.25) is 10.0 Å². The summed E-state index contributed by atoms with van der Waals surface area (Å²) < 4.78 is 28.0. The topological polar surface area (TPSA) is 98.5 Å². The Labute approximate surface area is 129 Å². The fourth-order valence-electron chi connectivity index (χ4n) is 1.85. The maximum absolute atomic E-state index is 12.2. The zero-order chi connectivity index (χ0) is 16.4. The van der Waals surface area contributed by atoms with E-state index in [4.69, 9.17) is 21.5 Å². The highest BCUT2D eigenvalue weighted by molar-refractivity contribution is 7.89. The third-order valence-corrected chi connectivity index (χ3v) is 4.30. The number of primary sulfonamides is 1. The minimum Gasteiger partial charge on any atom is -0.382 e. The van der Waals surface area contributed by atoms with Crippen molar-refractivity contribution in [2.24, 2.45) is 5.14 Å². The monoisotopic (exact) mass is 334 g/mol. The van der Waals surface area contributed by atoms with Gasteiger partial charge in [0.25, 0.3) is 5.91 Å². The first kappa shape index (κ1) is 17.9. The summed E-state index contributed by atoms with van der Waals surface area (Å²) in [5, 5.41) is 7.88. The molecule has 118 valence electrons. The number of hydrogen-bond donors (Lipinski definition) is 2. The summed E-state index contributed by atoms with van der Waals surface area (Å²) in [6.45, 7) is 5.50. The van der Waals surface area contributed by atoms with Crippen LogP contribution in [0.2, 0.25) is 5.02 Å². The Bertz CT molecular complexity index is 656. The maximum Gasteiger partial charge on any atom is 0.251 e. The molecule has 1 aromatic rings. The summed E-state index contributed by atoms with van der Waals surface area (Å²) in [5.41, 5.74) is 0.0317. The number of amides is 1. The van der Waals surface area contributed by atoms with Gasteiger partial charge >= 0.3 is 0 Å². The molecule has 0 heterocycles. The number of hydrogen-bond acceptors (Lipinski definition) is 4. The minimum atomic E-state index is -4.00. The number of rotatable bonds is 5. The first-order chi connectivity index (χ1) is 9.48. The number of methoxy groups -OCH3 is 1. The quantitative estimate of drug-likeness (QED) is 0.851. The Morgan fingerprint density at radius 2 is 2.00 bits per heavy atom. The number of benzene rings is 1. The van der Waals surface area contributed by atoms with Gasteiger partial charge in [0.1, 0.15) is 4.90 Å². The van der Waals surface area contributed by atoms with Crippen molar-refractivity contribution < 1.29 is 17.9 Å². The molecule has 3 N–H and O–H groups in total. The van der Waals surface area contributed by atoms with E-state index in [1.165, 1.54) is 19.2 Å². The molecule has 0 aromatic heterocycles. The average molecular weight is 335 g/mol. The Morgan fingerprint density at radius 3 is 2.48 bits per heavy atom. The summed E-state index contributed by atoms with van der Waals surface area (Å²) in [6, 6.07) is 2.68. The van der Waals surface area contributed by atoms with E-state index in [0.717, 1.165) is 0 Å². The molecule has 0 fully saturated rings. The molecule has 0 unspecified atom stereocenters. The van der Waals surface area contributed by atoms with Crippen LogP contribution in [0, 0.1) is 6.92 Å². The van der Waals surface area contributed by atoms with E-state index >= 15 is 0 Å². The molecule has 0 bridgehead atoms. The number of aryl methyl sites for hydroxylation is 1. The van der Waals surface area contributed by atoms with Gasteiger partial charge in [-0.25, -0.2) is 13.6 Å². The molecule has 0 aliphatic heterocycles. The zero-order valence-electron chi connectivity index (χ0n) is 12.4. The van der Waals surface area contributed by atoms with E-state index in [1.807, 2.05) is 0 Å². The van der Waals surface area contributed by atoms with Crippen molar-refractivity contribution in [2.75, 3.05) is 13.7 Å². The number of sulfonamides is 1. The number of halogens is 1. The third-order valence-electron chi connectivity index (χ3n) is 2.75. The van der Waals surface area contributed by atoms with E-state index in [1.54, 1.807) is 20.8 Å². The first-order valence-corrected chi connectivity index (χ1v) is 8.05. The highest BCUT2D eigenvalue weighted by atomic mass is 35.5. The van der Waals surface area contributed by atoms with Crippen molar-refractivity contribution in [3.8, 4) is 0 Å². The molecule has 1 aromatic carbocycles. The van der Waals surface area contributed by atoms with E-state index in [0.29, 0.717) is 12.2 Å². The van der Waals surface area contributed by atoms with E-state index in [9.17, 15) is 13.2 Å². The second kappa shape index (κ2) is 6.31. The minimum absolute atomic E-state index is 0.0187. The Morgan fingerprint density at radius 1 is 1.43 bits per heavy atom. The van der Waals surface area contributed by atoms with E-state index in [2.05, 4.69) is 5.32 Å². The summed E-state index contributed by atoms with van der Waals surface area (Å²) in [4.78, 5) is 12.0. The van der Waals surface area contributed by atoms with Gasteiger partial charge in [0, 0.05) is 12.7 Å². The van der Waals surface area contributed by atoms with Crippen molar-refractivity contribution in [3.05, 3.63) is 28.3 Å². The molecule has 6 nitrogen and oxygen atoms in total. The number of nitrogens with two attached hydrogens (primary N) is 1. The van der Waals surface area contributed by atoms with Gasteiger partial charge in [0.05, 0.1) is 17.2 Å². The average Bonchev–Trinajstić information content (AvgIpc) is 2.29. The molecule has 0 saturated heterocycles. The van der Waals surface area contributed by atoms with Crippen LogP contribution in [0.5, 0.6) is 0 Å². The van der Waals surface area contributed by atoms with Crippen LogP contribution in [-0.2, 0) is 14.8 Å². The molecule has 21 heavy (non-hydrogen) atoms. The standard InChI is InChI=1S/C13H19ClN2O4S/c1-8-5-9(6-10(11(8)14)21(15,18)19)12(17)16-13(2,3)7-20-4/h5-6H,7H2,1-4H3,(H,16,17)(H2,15,18,19). The Hall–Kier alpha value is -1.15. The molecule has 0 aliphatic rings. The predicted octanol–water partition coefficient (Wildman–Crippen LogP) is 1.45. The van der Waals surface area contributed by atoms with Crippen molar-refractivity contribution in [2.45, 2.75) is 31.2 Å². The van der Waals surface area contributed by atoms with Crippen LogP contribution < -0.4 is 10.5 Å². The summed E-state index contributed by atoms with van der Waals surface area (Å²) >= 11 is 5.93. The van der Waals surface area contributed by atoms with Gasteiger partial charge < -0.3 is 10.1 Å². The van der Waals surface area contributed by atoms with E-state index in [-0.39, 0.29) is 15.5 Å². The van der Waals surface area contributed by atoms with Crippen LogP contribution in [0.15, 0.2) is 17.0 Å². The summed E-state index contributed by atoms with van der Waals surface area (Å²) in [7, 11) is -2.48. The SMILES string of the molecule is COCC(C)(C)NC(=O)c1cc(C)c(Cl)c(S(N)(=O)=O)c1. The number of ether oxygens (including phenoxy) is 1. The van der Waals surface area contributed by atoms with Crippen LogP contribution in [0.1, 0.15) is 29.8 Å². The molecular formula is C13H19ClN2O4S. The van der Waals surface area contributed by atoms with Crippen molar-refractivity contribution in [3.63, 3.8) is 0 Å². The highest BCUT2D eigenvalue weighted by Crippen LogP contribution is 2.26. The second-order valence-corrected chi connectivity index (χ2v) is 7.33. The van der Waals surface area contributed by atoms with Crippen LogP contribution in [0.25, 0.3) is 0 Å². The number of nitrogens with one attached hydrogen (secondary N) is 1. The molecule has 0 atom stereocenters. The lowest BCUT2D eigenvalue weighted by molar-refractivity contribution is 0.0819. The summed E-state index contributed by atoms with van der Waals surface area (Å²) in [6.07, 6.45) is 0. The normalized spacial score (nSPS) is 12.3. The highest BCUT2D eigenvalue weighted by Gasteiger charge is 2.23. The fraction of sp³-hybridized carbons (Fsp3) is 0.462. The first-order valence-electron chi connectivity index (χ1n) is 6.12. The largest absolute Gasteiger partial charge is 0.382 e. The van der Waals surface area contributed by atoms with Crippen molar-refractivity contribution in [1.82, 2.24) is 5.32 Å². The molecule has 0 saturated carbocycles. The smallest absolute Gasteiger partial charge is 0.251 e. The van der Waals surface area contributed by atoms with Gasteiger partial charge in [-0.1, -0.05) is 11.6 Å². The van der Waals surface area contributed by atoms with Crippen LogP contribution in [-0.4, -0.2) is 33.6 Å². The summed E-state index contributed by atoms with van der Waals surface area (Å²) in [5.74, 6) is -0.429. The van der Waals surface area contributed by atoms with Crippen molar-refractivity contribution in [1.29, 1.82) is 0 Å². The van der Waals surface area contributed by atoms with Crippen LogP contribution in [0.3, 0.4) is 0 Å². The van der Waals surface area contributed by atoms with Gasteiger partial charge in [-0.15, -0.1) is 0 Å². The molecule has 0 spiro atoms. The lowest BCUT2D eigenvalue weighted by Crippen LogP contribution is -2.46. The maximum atomic E-state index is 12.2. The Balaban J connectivity index is 3.21. The predicted molar refractivity (Wildman–Crippen MR) is 81.0 cm³/mol. The Kier molecular flexibility index (Phi) is 5.38. The number of carbonyl (C=O) groups excluding carboxylic acids is 1. The fourth-order valence-corrected chi connectivity index (χ4v) is 2.99. The lowest BCUT2D eigenvalue weighted by atomic mass is 10.1. The number of carbonyl (C=O) groups is 1. The molecule has 0 radical (unpaired) electrons. The molecule has 1 amide bonds. The lowest BCUT2D eigenvalue weighted by Gasteiger charge is -2.25. The van der Waals surface area contributed by atoms with Gasteiger partial charge in [0.15, 0.2) is 0 Å². The van der Waals surface area contributed by atoms with Crippen LogP contribution in [0.4, 0.5) is 0 Å². The van der Waals surface area contributed by atoms with Gasteiger partial charge in [-0.05, 0) is 38.5 Å². The molecule has 0 aliphatic carbocycles. The van der Waals surface area contributed by atoms with Gasteiger partial charge in [-0.3, -0.25) is 4.79 Å².